The summed E-state index contributed by atoms with van der Waals surface area (Å²) in [6.45, 7) is 0. The van der Waals surface area contributed by atoms with Gasteiger partial charge in [-0.25, -0.2) is 0 Å². The minimum Gasteiger partial charge on any atom is -0.505 e. The molecule has 4 nitrogen and oxygen atoms in total. The van der Waals surface area contributed by atoms with Crippen molar-refractivity contribution in [3.05, 3.63) is 55.7 Å². The molecule has 1 heterocycles. The number of ketones is 1. The molecule has 0 radical (unpaired) electrons. The first-order chi connectivity index (χ1) is 10.9. The predicted molar refractivity (Wildman–Crippen MR) is 91.8 cm³/mol. The van der Waals surface area contributed by atoms with Gasteiger partial charge in [0.25, 0.3) is 0 Å². The van der Waals surface area contributed by atoms with Gasteiger partial charge in [-0.3, -0.25) is 4.79 Å². The van der Waals surface area contributed by atoms with E-state index < -0.39 is 0 Å². The fourth-order valence-corrected chi connectivity index (χ4v) is 3.27. The van der Waals surface area contributed by atoms with Crippen molar-refractivity contribution in [2.45, 2.75) is 0 Å². The van der Waals surface area contributed by atoms with Gasteiger partial charge < -0.3 is 14.6 Å². The van der Waals surface area contributed by atoms with E-state index in [0.717, 1.165) is 0 Å². The lowest BCUT2D eigenvalue weighted by molar-refractivity contribution is 0.101. The number of ether oxygens (including phenoxy) is 2. The van der Waals surface area contributed by atoms with Crippen molar-refractivity contribution in [2.24, 2.45) is 0 Å². The summed E-state index contributed by atoms with van der Waals surface area (Å²) < 4.78 is 11.4. The number of benzene rings is 2. The number of rotatable bonds is 2. The third-order valence-corrected chi connectivity index (χ3v) is 4.63. The Morgan fingerprint density at radius 2 is 1.91 bits per heavy atom. The van der Waals surface area contributed by atoms with Gasteiger partial charge in [-0.2, -0.15) is 0 Å². The third-order valence-electron chi connectivity index (χ3n) is 3.30. The molecule has 0 spiro atoms. The van der Waals surface area contributed by atoms with E-state index in [9.17, 15) is 9.90 Å². The maximum absolute atomic E-state index is 12.4. The van der Waals surface area contributed by atoms with Crippen LogP contribution in [0.2, 0.25) is 10.0 Å². The fraction of sp³-hybridized carbons (Fsp3) is 0.0625. The molecular weight excluding hydrogens is 407 g/mol. The Morgan fingerprint density at radius 1 is 1.26 bits per heavy atom. The highest BCUT2D eigenvalue weighted by Crippen LogP contribution is 2.43. The molecule has 0 saturated heterocycles. The lowest BCUT2D eigenvalue weighted by Gasteiger charge is -2.06. The summed E-state index contributed by atoms with van der Waals surface area (Å²) in [5, 5.41) is 9.76. The number of phenolic OH excluding ortho intramolecular Hbond substituents is 1. The quantitative estimate of drug-likeness (QED) is 0.694. The topological polar surface area (TPSA) is 55.8 Å². The summed E-state index contributed by atoms with van der Waals surface area (Å²) in [4.78, 5) is 12.4. The zero-order valence-electron chi connectivity index (χ0n) is 11.7. The van der Waals surface area contributed by atoms with Crippen LogP contribution in [0, 0.1) is 0 Å². The molecule has 1 aliphatic rings. The van der Waals surface area contributed by atoms with Crippen molar-refractivity contribution < 1.29 is 19.4 Å². The number of phenols is 1. The van der Waals surface area contributed by atoms with E-state index >= 15 is 0 Å². The SMILES string of the molecule is COc1ccc2c(c1Br)O/C(=C\c1cc(Cl)c(O)c(Cl)c1)C2=O. The predicted octanol–water partition coefficient (Wildman–Crippen LogP) is 5.09. The lowest BCUT2D eigenvalue weighted by Crippen LogP contribution is -1.98. The van der Waals surface area contributed by atoms with Crippen LogP contribution >= 0.6 is 39.1 Å². The van der Waals surface area contributed by atoms with Gasteiger partial charge in [0.15, 0.2) is 17.3 Å². The third kappa shape index (κ3) is 2.80. The maximum atomic E-state index is 12.4. The van der Waals surface area contributed by atoms with E-state index in [-0.39, 0.29) is 27.3 Å². The summed E-state index contributed by atoms with van der Waals surface area (Å²) >= 11 is 15.1. The van der Waals surface area contributed by atoms with Crippen LogP contribution in [-0.4, -0.2) is 18.0 Å². The van der Waals surface area contributed by atoms with Crippen LogP contribution in [0.5, 0.6) is 17.2 Å². The molecule has 3 rings (SSSR count). The minimum absolute atomic E-state index is 0.0927. The second-order valence-electron chi connectivity index (χ2n) is 4.73. The molecule has 0 aromatic heterocycles. The van der Waals surface area contributed by atoms with Crippen LogP contribution in [0.4, 0.5) is 0 Å². The smallest absolute Gasteiger partial charge is 0.232 e. The number of hydrogen-bond donors (Lipinski definition) is 1. The maximum Gasteiger partial charge on any atom is 0.232 e. The average Bonchev–Trinajstić information content (AvgIpc) is 2.83. The van der Waals surface area contributed by atoms with Gasteiger partial charge in [0.2, 0.25) is 5.78 Å². The molecule has 0 saturated carbocycles. The van der Waals surface area contributed by atoms with Gasteiger partial charge in [0.05, 0.1) is 22.7 Å². The van der Waals surface area contributed by atoms with Crippen molar-refractivity contribution in [3.63, 3.8) is 0 Å². The zero-order chi connectivity index (χ0) is 16.7. The van der Waals surface area contributed by atoms with Crippen LogP contribution in [0.15, 0.2) is 34.5 Å². The highest BCUT2D eigenvalue weighted by Gasteiger charge is 2.30. The largest absolute Gasteiger partial charge is 0.505 e. The van der Waals surface area contributed by atoms with Crippen LogP contribution < -0.4 is 9.47 Å². The normalized spacial score (nSPS) is 14.8. The number of aromatic hydroxyl groups is 1. The molecule has 118 valence electrons. The Hall–Kier alpha value is -1.69. The first-order valence-corrected chi connectivity index (χ1v) is 7.96. The van der Waals surface area contributed by atoms with Gasteiger partial charge in [-0.05, 0) is 51.8 Å². The number of carbonyl (C=O) groups is 1. The molecule has 0 aliphatic carbocycles. The standard InChI is InChI=1S/C16H9BrCl2O4/c1-22-11-3-2-8-14(20)12(23-16(8)13(11)17)6-7-4-9(18)15(21)10(19)5-7/h2-6,21H,1H3/b12-6-. The van der Waals surface area contributed by atoms with Crippen molar-refractivity contribution in [1.29, 1.82) is 0 Å². The molecule has 0 amide bonds. The van der Waals surface area contributed by atoms with Crippen LogP contribution in [0.25, 0.3) is 6.08 Å². The second kappa shape index (κ2) is 6.07. The summed E-state index contributed by atoms with van der Waals surface area (Å²) in [5.41, 5.74) is 0.969. The van der Waals surface area contributed by atoms with Crippen molar-refractivity contribution in [3.8, 4) is 17.2 Å². The van der Waals surface area contributed by atoms with Crippen LogP contribution in [-0.2, 0) is 0 Å². The van der Waals surface area contributed by atoms with Crippen LogP contribution in [0.1, 0.15) is 15.9 Å². The monoisotopic (exact) mass is 414 g/mol. The molecular formula is C16H9BrCl2O4. The van der Waals surface area contributed by atoms with E-state index in [1.54, 1.807) is 12.1 Å². The summed E-state index contributed by atoms with van der Waals surface area (Å²) in [6, 6.07) is 6.30. The van der Waals surface area contributed by atoms with Gasteiger partial charge in [0, 0.05) is 0 Å². The highest BCUT2D eigenvalue weighted by molar-refractivity contribution is 9.10. The first-order valence-electron chi connectivity index (χ1n) is 6.41. The molecule has 1 N–H and O–H groups in total. The molecule has 0 unspecified atom stereocenters. The fourth-order valence-electron chi connectivity index (χ4n) is 2.18. The Bertz CT molecular complexity index is 838. The number of hydrogen-bond acceptors (Lipinski definition) is 4. The molecule has 0 fully saturated rings. The van der Waals surface area contributed by atoms with Gasteiger partial charge in [-0.1, -0.05) is 23.2 Å². The summed E-state index contributed by atoms with van der Waals surface area (Å²) in [7, 11) is 1.53. The number of carbonyl (C=O) groups excluding carboxylic acids is 1. The molecule has 23 heavy (non-hydrogen) atoms. The molecule has 2 aromatic carbocycles. The lowest BCUT2D eigenvalue weighted by atomic mass is 10.1. The Labute approximate surface area is 150 Å². The van der Waals surface area contributed by atoms with Crippen molar-refractivity contribution in [1.82, 2.24) is 0 Å². The van der Waals surface area contributed by atoms with Gasteiger partial charge >= 0.3 is 0 Å². The zero-order valence-corrected chi connectivity index (χ0v) is 14.8. The second-order valence-corrected chi connectivity index (χ2v) is 6.34. The first kappa shape index (κ1) is 16.2. The molecule has 0 bridgehead atoms. The van der Waals surface area contributed by atoms with Gasteiger partial charge in [0.1, 0.15) is 10.2 Å². The average molecular weight is 416 g/mol. The van der Waals surface area contributed by atoms with Crippen molar-refractivity contribution >= 4 is 51.0 Å². The van der Waals surface area contributed by atoms with E-state index in [4.69, 9.17) is 32.7 Å². The van der Waals surface area contributed by atoms with E-state index in [0.29, 0.717) is 27.1 Å². The molecule has 2 aromatic rings. The summed E-state index contributed by atoms with van der Waals surface area (Å²) in [5.74, 6) is 0.630. The van der Waals surface area contributed by atoms with Gasteiger partial charge in [-0.15, -0.1) is 0 Å². The number of fused-ring (bicyclic) bond motifs is 1. The molecule has 0 atom stereocenters. The molecule has 7 heteroatoms. The van der Waals surface area contributed by atoms with E-state index in [1.807, 2.05) is 0 Å². The highest BCUT2D eigenvalue weighted by atomic mass is 79.9. The Balaban J connectivity index is 2.04. The number of allylic oxidation sites excluding steroid dienone is 1. The van der Waals surface area contributed by atoms with E-state index in [2.05, 4.69) is 15.9 Å². The number of methoxy groups -OCH3 is 1. The number of halogens is 3. The molecule has 1 aliphatic heterocycles. The minimum atomic E-state index is -0.260. The van der Waals surface area contributed by atoms with E-state index in [1.165, 1.54) is 25.3 Å². The Kier molecular flexibility index (Phi) is 4.27. The Morgan fingerprint density at radius 3 is 2.52 bits per heavy atom. The summed E-state index contributed by atoms with van der Waals surface area (Å²) in [6.07, 6.45) is 1.51. The van der Waals surface area contributed by atoms with Crippen molar-refractivity contribution in [2.75, 3.05) is 7.11 Å². The van der Waals surface area contributed by atoms with Crippen LogP contribution in [0.3, 0.4) is 0 Å². The number of Topliss-reactive ketones (excluding diaryl/α,β-unsaturated/α-hetero) is 1.